The fraction of sp³-hybridized carbons (Fsp3) is 0.286. The maximum Gasteiger partial charge on any atom is 0.250 e. The SMILES string of the molecule is CC(C)OCC(=O)Nc1ccnc2ccc(Cl)cc12. The van der Waals surface area contributed by atoms with Crippen LogP contribution in [0, 0.1) is 0 Å². The zero-order valence-corrected chi connectivity index (χ0v) is 11.6. The fourth-order valence-electron chi connectivity index (χ4n) is 1.66. The molecule has 2 aromatic rings. The Bertz CT molecular complexity index is 599. The highest BCUT2D eigenvalue weighted by atomic mass is 35.5. The number of carbonyl (C=O) groups is 1. The van der Waals surface area contributed by atoms with Gasteiger partial charge in [-0.2, -0.15) is 0 Å². The monoisotopic (exact) mass is 278 g/mol. The number of anilines is 1. The molecule has 100 valence electrons. The van der Waals surface area contributed by atoms with E-state index >= 15 is 0 Å². The Labute approximate surface area is 116 Å². The van der Waals surface area contributed by atoms with E-state index in [1.807, 2.05) is 19.9 Å². The van der Waals surface area contributed by atoms with Gasteiger partial charge in [-0.3, -0.25) is 9.78 Å². The summed E-state index contributed by atoms with van der Waals surface area (Å²) in [6.45, 7) is 3.80. The zero-order valence-electron chi connectivity index (χ0n) is 10.8. The number of halogens is 1. The number of rotatable bonds is 4. The molecule has 0 bridgehead atoms. The highest BCUT2D eigenvalue weighted by Crippen LogP contribution is 2.24. The molecule has 0 saturated carbocycles. The number of ether oxygens (including phenoxy) is 1. The van der Waals surface area contributed by atoms with Crippen molar-refractivity contribution in [2.24, 2.45) is 0 Å². The number of aromatic nitrogens is 1. The van der Waals surface area contributed by atoms with Crippen LogP contribution in [0.15, 0.2) is 30.5 Å². The molecule has 19 heavy (non-hydrogen) atoms. The molecule has 1 aromatic carbocycles. The lowest BCUT2D eigenvalue weighted by Gasteiger charge is -2.10. The molecule has 1 heterocycles. The molecule has 0 fully saturated rings. The zero-order chi connectivity index (χ0) is 13.8. The van der Waals surface area contributed by atoms with Gasteiger partial charge in [0, 0.05) is 16.6 Å². The van der Waals surface area contributed by atoms with Gasteiger partial charge in [0.1, 0.15) is 6.61 Å². The molecule has 0 radical (unpaired) electrons. The minimum absolute atomic E-state index is 0.0226. The van der Waals surface area contributed by atoms with E-state index in [1.54, 1.807) is 24.4 Å². The van der Waals surface area contributed by atoms with Crippen molar-refractivity contribution in [1.82, 2.24) is 4.98 Å². The van der Waals surface area contributed by atoms with E-state index in [1.165, 1.54) is 0 Å². The normalized spacial score (nSPS) is 10.9. The third-order valence-corrected chi connectivity index (χ3v) is 2.76. The number of benzene rings is 1. The molecule has 0 saturated heterocycles. The standard InChI is InChI=1S/C14H15ClN2O2/c1-9(2)19-8-14(18)17-13-5-6-16-12-4-3-10(15)7-11(12)13/h3-7,9H,8H2,1-2H3,(H,16,17,18). The summed E-state index contributed by atoms with van der Waals surface area (Å²) in [7, 11) is 0. The van der Waals surface area contributed by atoms with E-state index in [4.69, 9.17) is 16.3 Å². The van der Waals surface area contributed by atoms with E-state index in [-0.39, 0.29) is 18.6 Å². The molecule has 2 rings (SSSR count). The predicted molar refractivity (Wildman–Crippen MR) is 76.5 cm³/mol. The summed E-state index contributed by atoms with van der Waals surface area (Å²) in [6, 6.07) is 7.11. The van der Waals surface area contributed by atoms with Gasteiger partial charge in [0.15, 0.2) is 0 Å². The van der Waals surface area contributed by atoms with Crippen LogP contribution in [0.25, 0.3) is 10.9 Å². The molecular formula is C14H15ClN2O2. The van der Waals surface area contributed by atoms with Crippen molar-refractivity contribution in [1.29, 1.82) is 0 Å². The average Bonchev–Trinajstić information content (AvgIpc) is 2.37. The minimum Gasteiger partial charge on any atom is -0.369 e. The smallest absolute Gasteiger partial charge is 0.250 e. The molecule has 0 aliphatic rings. The first kappa shape index (κ1) is 13.8. The van der Waals surface area contributed by atoms with E-state index in [0.717, 1.165) is 10.9 Å². The molecule has 0 spiro atoms. The lowest BCUT2D eigenvalue weighted by Crippen LogP contribution is -2.20. The molecular weight excluding hydrogens is 264 g/mol. The number of hydrogen-bond acceptors (Lipinski definition) is 3. The summed E-state index contributed by atoms with van der Waals surface area (Å²) < 4.78 is 5.26. The highest BCUT2D eigenvalue weighted by molar-refractivity contribution is 6.31. The second kappa shape index (κ2) is 5.99. The van der Waals surface area contributed by atoms with Crippen molar-refractivity contribution < 1.29 is 9.53 Å². The van der Waals surface area contributed by atoms with Crippen LogP contribution in [0.3, 0.4) is 0 Å². The van der Waals surface area contributed by atoms with Gasteiger partial charge in [0.2, 0.25) is 5.91 Å². The summed E-state index contributed by atoms with van der Waals surface area (Å²) in [4.78, 5) is 16.0. The number of carbonyl (C=O) groups excluding carboxylic acids is 1. The first-order valence-electron chi connectivity index (χ1n) is 6.02. The molecule has 1 amide bonds. The molecule has 0 aliphatic carbocycles. The molecule has 0 atom stereocenters. The summed E-state index contributed by atoms with van der Waals surface area (Å²) >= 11 is 5.96. The Kier molecular flexibility index (Phi) is 4.35. The van der Waals surface area contributed by atoms with Crippen molar-refractivity contribution in [2.75, 3.05) is 11.9 Å². The summed E-state index contributed by atoms with van der Waals surface area (Å²) in [5, 5.41) is 4.22. The summed E-state index contributed by atoms with van der Waals surface area (Å²) in [6.07, 6.45) is 1.67. The number of nitrogens with zero attached hydrogens (tertiary/aromatic N) is 1. The quantitative estimate of drug-likeness (QED) is 0.934. The fourth-order valence-corrected chi connectivity index (χ4v) is 1.83. The van der Waals surface area contributed by atoms with Crippen LogP contribution in [0.1, 0.15) is 13.8 Å². The van der Waals surface area contributed by atoms with Gasteiger partial charge < -0.3 is 10.1 Å². The maximum absolute atomic E-state index is 11.8. The second-order valence-corrected chi connectivity index (χ2v) is 4.86. The Morgan fingerprint density at radius 3 is 2.95 bits per heavy atom. The molecule has 5 heteroatoms. The van der Waals surface area contributed by atoms with Crippen LogP contribution in [-0.2, 0) is 9.53 Å². The van der Waals surface area contributed by atoms with E-state index < -0.39 is 0 Å². The number of nitrogens with one attached hydrogen (secondary N) is 1. The number of fused-ring (bicyclic) bond motifs is 1. The van der Waals surface area contributed by atoms with Crippen molar-refractivity contribution in [2.45, 2.75) is 20.0 Å². The van der Waals surface area contributed by atoms with Crippen LogP contribution >= 0.6 is 11.6 Å². The van der Waals surface area contributed by atoms with Crippen LogP contribution in [0.5, 0.6) is 0 Å². The molecule has 0 aliphatic heterocycles. The number of hydrogen-bond donors (Lipinski definition) is 1. The van der Waals surface area contributed by atoms with Crippen molar-refractivity contribution >= 4 is 34.1 Å². The van der Waals surface area contributed by atoms with Crippen LogP contribution in [0.4, 0.5) is 5.69 Å². The van der Waals surface area contributed by atoms with Gasteiger partial charge in [-0.25, -0.2) is 0 Å². The molecule has 1 aromatic heterocycles. The van der Waals surface area contributed by atoms with Crippen molar-refractivity contribution in [3.63, 3.8) is 0 Å². The van der Waals surface area contributed by atoms with Gasteiger partial charge >= 0.3 is 0 Å². The first-order chi connectivity index (χ1) is 9.06. The van der Waals surface area contributed by atoms with Gasteiger partial charge in [-0.05, 0) is 38.1 Å². The Morgan fingerprint density at radius 2 is 2.21 bits per heavy atom. The lowest BCUT2D eigenvalue weighted by atomic mass is 10.2. The topological polar surface area (TPSA) is 51.2 Å². The number of pyridine rings is 1. The summed E-state index contributed by atoms with van der Waals surface area (Å²) in [5.74, 6) is -0.193. The molecule has 0 unspecified atom stereocenters. The van der Waals surface area contributed by atoms with Gasteiger partial charge in [-0.15, -0.1) is 0 Å². The van der Waals surface area contributed by atoms with E-state index in [2.05, 4.69) is 10.3 Å². The third-order valence-electron chi connectivity index (χ3n) is 2.53. The Balaban J connectivity index is 2.20. The lowest BCUT2D eigenvalue weighted by molar-refractivity contribution is -0.121. The van der Waals surface area contributed by atoms with Gasteiger partial charge in [0.25, 0.3) is 0 Å². The molecule has 4 nitrogen and oxygen atoms in total. The van der Waals surface area contributed by atoms with E-state index in [0.29, 0.717) is 10.7 Å². The van der Waals surface area contributed by atoms with Crippen molar-refractivity contribution in [3.8, 4) is 0 Å². The van der Waals surface area contributed by atoms with Crippen LogP contribution in [0.2, 0.25) is 5.02 Å². The molecule has 1 N–H and O–H groups in total. The van der Waals surface area contributed by atoms with Crippen LogP contribution in [-0.4, -0.2) is 23.6 Å². The second-order valence-electron chi connectivity index (χ2n) is 4.43. The predicted octanol–water partition coefficient (Wildman–Crippen LogP) is 3.25. The minimum atomic E-state index is -0.193. The van der Waals surface area contributed by atoms with Gasteiger partial charge in [-0.1, -0.05) is 11.6 Å². The Hall–Kier alpha value is -1.65. The Morgan fingerprint density at radius 1 is 1.42 bits per heavy atom. The largest absolute Gasteiger partial charge is 0.369 e. The van der Waals surface area contributed by atoms with Gasteiger partial charge in [0.05, 0.1) is 17.3 Å². The average molecular weight is 279 g/mol. The summed E-state index contributed by atoms with van der Waals surface area (Å²) in [5.41, 5.74) is 1.47. The van der Waals surface area contributed by atoms with Crippen molar-refractivity contribution in [3.05, 3.63) is 35.5 Å². The first-order valence-corrected chi connectivity index (χ1v) is 6.40. The van der Waals surface area contributed by atoms with Crippen LogP contribution < -0.4 is 5.32 Å². The highest BCUT2D eigenvalue weighted by Gasteiger charge is 2.08. The van der Waals surface area contributed by atoms with E-state index in [9.17, 15) is 4.79 Å². The third kappa shape index (κ3) is 3.66. The maximum atomic E-state index is 11.8. The number of amides is 1.